The van der Waals surface area contributed by atoms with Crippen molar-refractivity contribution in [1.82, 2.24) is 19.3 Å². The van der Waals surface area contributed by atoms with Crippen LogP contribution < -0.4 is 16.4 Å². The van der Waals surface area contributed by atoms with Gasteiger partial charge in [-0.25, -0.2) is 4.98 Å². The Morgan fingerprint density at radius 1 is 1.43 bits per heavy atom. The van der Waals surface area contributed by atoms with Crippen molar-refractivity contribution < 1.29 is 9.53 Å². The van der Waals surface area contributed by atoms with Crippen molar-refractivity contribution in [3.8, 4) is 0 Å². The Balaban J connectivity index is 1.84. The fourth-order valence-corrected chi connectivity index (χ4v) is 3.61. The van der Waals surface area contributed by atoms with Gasteiger partial charge in [-0.1, -0.05) is 13.0 Å². The van der Waals surface area contributed by atoms with E-state index in [9.17, 15) is 9.59 Å². The molecular weight excluding hydrogens is 358 g/mol. The summed E-state index contributed by atoms with van der Waals surface area (Å²) in [6, 6.07) is 6.81. The number of aryl methyl sites for hydroxylation is 1. The van der Waals surface area contributed by atoms with Crippen LogP contribution in [-0.2, 0) is 11.3 Å². The standard InChI is InChI=1S/C20H23N5O3/c1-2-8-25-17(21)14(19(26)22-12-13-6-5-10-28-13)11-15-18(25)23-16-7-3-4-9-24(16)20(15)27/h3-4,7,9,11,13,21H,2,5-6,8,10,12H2,1H3,(H,22,26)/t13-/m1/s1. The van der Waals surface area contributed by atoms with Crippen LogP contribution in [0.2, 0.25) is 0 Å². The number of carbonyl (C=O) groups excluding carboxylic acids is 1. The SMILES string of the molecule is CCCn1c(=N)c(C(=O)NC[C@H]2CCCO2)cc2c(=O)n3ccccc3nc21. The zero-order chi connectivity index (χ0) is 19.7. The maximum Gasteiger partial charge on any atom is 0.267 e. The highest BCUT2D eigenvalue weighted by molar-refractivity contribution is 5.96. The zero-order valence-corrected chi connectivity index (χ0v) is 15.8. The average Bonchev–Trinajstić information content (AvgIpc) is 3.22. The number of nitrogens with one attached hydrogen (secondary N) is 2. The van der Waals surface area contributed by atoms with Crippen LogP contribution in [0, 0.1) is 5.41 Å². The smallest absolute Gasteiger partial charge is 0.267 e. The molecule has 3 aromatic rings. The summed E-state index contributed by atoms with van der Waals surface area (Å²) in [7, 11) is 0. The van der Waals surface area contributed by atoms with E-state index >= 15 is 0 Å². The van der Waals surface area contributed by atoms with Crippen LogP contribution >= 0.6 is 0 Å². The van der Waals surface area contributed by atoms with Crippen molar-refractivity contribution in [3.63, 3.8) is 0 Å². The minimum absolute atomic E-state index is 0.0117. The summed E-state index contributed by atoms with van der Waals surface area (Å²) in [6.45, 7) is 3.60. The molecule has 8 heteroatoms. The van der Waals surface area contributed by atoms with E-state index in [0.29, 0.717) is 36.4 Å². The van der Waals surface area contributed by atoms with Crippen LogP contribution in [0.15, 0.2) is 35.3 Å². The third-order valence-corrected chi connectivity index (χ3v) is 5.02. The van der Waals surface area contributed by atoms with Crippen molar-refractivity contribution >= 4 is 22.6 Å². The first-order chi connectivity index (χ1) is 13.6. The number of hydrogen-bond acceptors (Lipinski definition) is 5. The molecule has 0 bridgehead atoms. The maximum atomic E-state index is 13.0. The van der Waals surface area contributed by atoms with Gasteiger partial charge in [-0.15, -0.1) is 0 Å². The van der Waals surface area contributed by atoms with Gasteiger partial charge >= 0.3 is 0 Å². The van der Waals surface area contributed by atoms with E-state index in [2.05, 4.69) is 10.3 Å². The molecule has 0 saturated carbocycles. The summed E-state index contributed by atoms with van der Waals surface area (Å²) in [5.41, 5.74) is 0.928. The first-order valence-electron chi connectivity index (χ1n) is 9.59. The summed E-state index contributed by atoms with van der Waals surface area (Å²) >= 11 is 0. The van der Waals surface area contributed by atoms with Gasteiger partial charge in [-0.05, 0) is 37.5 Å². The highest BCUT2D eigenvalue weighted by Crippen LogP contribution is 2.12. The van der Waals surface area contributed by atoms with Crippen molar-refractivity contribution in [2.75, 3.05) is 13.2 Å². The summed E-state index contributed by atoms with van der Waals surface area (Å²) in [5.74, 6) is -0.371. The number of rotatable bonds is 5. The topological polar surface area (TPSA) is 101 Å². The molecule has 0 spiro atoms. The van der Waals surface area contributed by atoms with E-state index in [-0.39, 0.29) is 28.6 Å². The number of carbonyl (C=O) groups is 1. The number of hydrogen-bond donors (Lipinski definition) is 2. The zero-order valence-electron chi connectivity index (χ0n) is 15.8. The van der Waals surface area contributed by atoms with E-state index in [1.807, 2.05) is 13.0 Å². The number of aromatic nitrogens is 3. The van der Waals surface area contributed by atoms with E-state index in [1.165, 1.54) is 10.5 Å². The van der Waals surface area contributed by atoms with Crippen LogP contribution in [0.3, 0.4) is 0 Å². The number of amides is 1. The predicted octanol–water partition coefficient (Wildman–Crippen LogP) is 1.45. The van der Waals surface area contributed by atoms with Gasteiger partial charge in [0.2, 0.25) is 0 Å². The molecule has 0 aromatic carbocycles. The lowest BCUT2D eigenvalue weighted by atomic mass is 10.1. The van der Waals surface area contributed by atoms with Crippen LogP contribution in [-0.4, -0.2) is 39.1 Å². The van der Waals surface area contributed by atoms with Gasteiger partial charge in [0.15, 0.2) is 0 Å². The first-order valence-corrected chi connectivity index (χ1v) is 9.59. The number of pyridine rings is 2. The molecular formula is C20H23N5O3. The molecule has 1 saturated heterocycles. The largest absolute Gasteiger partial charge is 0.376 e. The number of ether oxygens (including phenoxy) is 1. The quantitative estimate of drug-likeness (QED) is 0.653. The third-order valence-electron chi connectivity index (χ3n) is 5.02. The minimum atomic E-state index is -0.371. The molecule has 1 aliphatic heterocycles. The van der Waals surface area contributed by atoms with E-state index in [4.69, 9.17) is 10.1 Å². The Labute approximate surface area is 161 Å². The fourth-order valence-electron chi connectivity index (χ4n) is 3.61. The van der Waals surface area contributed by atoms with Crippen molar-refractivity contribution in [2.45, 2.75) is 38.8 Å². The molecule has 1 amide bonds. The highest BCUT2D eigenvalue weighted by atomic mass is 16.5. The van der Waals surface area contributed by atoms with Gasteiger partial charge in [0, 0.05) is 25.9 Å². The summed E-state index contributed by atoms with van der Waals surface area (Å²) in [6.07, 6.45) is 4.32. The van der Waals surface area contributed by atoms with Crippen molar-refractivity contribution in [1.29, 1.82) is 5.41 Å². The minimum Gasteiger partial charge on any atom is -0.376 e. The van der Waals surface area contributed by atoms with Crippen LogP contribution in [0.25, 0.3) is 16.7 Å². The van der Waals surface area contributed by atoms with Crippen LogP contribution in [0.5, 0.6) is 0 Å². The lowest BCUT2D eigenvalue weighted by Crippen LogP contribution is -2.37. The van der Waals surface area contributed by atoms with Gasteiger partial charge in [0.1, 0.15) is 16.8 Å². The molecule has 8 nitrogen and oxygen atoms in total. The Hall–Kier alpha value is -3.00. The van der Waals surface area contributed by atoms with Crippen molar-refractivity contribution in [3.05, 3.63) is 51.9 Å². The summed E-state index contributed by atoms with van der Waals surface area (Å²) in [4.78, 5) is 30.3. The molecule has 4 rings (SSSR count). The van der Waals surface area contributed by atoms with E-state index < -0.39 is 0 Å². The van der Waals surface area contributed by atoms with Crippen LogP contribution in [0.4, 0.5) is 0 Å². The Morgan fingerprint density at radius 2 is 2.29 bits per heavy atom. The second-order valence-corrected chi connectivity index (χ2v) is 6.99. The van der Waals surface area contributed by atoms with Gasteiger partial charge < -0.3 is 14.6 Å². The lowest BCUT2D eigenvalue weighted by Gasteiger charge is -2.15. The predicted molar refractivity (Wildman–Crippen MR) is 104 cm³/mol. The molecule has 1 fully saturated rings. The lowest BCUT2D eigenvalue weighted by molar-refractivity contribution is 0.0856. The Kier molecular flexibility index (Phi) is 4.95. The third kappa shape index (κ3) is 3.20. The first kappa shape index (κ1) is 18.4. The van der Waals surface area contributed by atoms with Gasteiger partial charge in [0.25, 0.3) is 11.5 Å². The van der Waals surface area contributed by atoms with Crippen LogP contribution in [0.1, 0.15) is 36.5 Å². The fraction of sp³-hybridized carbons (Fsp3) is 0.400. The number of nitrogens with zero attached hydrogens (tertiary/aromatic N) is 3. The average molecular weight is 381 g/mol. The summed E-state index contributed by atoms with van der Waals surface area (Å²) in [5, 5.41) is 11.7. The van der Waals surface area contributed by atoms with Crippen molar-refractivity contribution in [2.24, 2.45) is 0 Å². The maximum absolute atomic E-state index is 13.0. The van der Waals surface area contributed by atoms with E-state index in [1.54, 1.807) is 22.9 Å². The highest BCUT2D eigenvalue weighted by Gasteiger charge is 2.20. The molecule has 1 atom stereocenters. The number of fused-ring (bicyclic) bond motifs is 2. The van der Waals surface area contributed by atoms with Gasteiger partial charge in [0.05, 0.1) is 17.1 Å². The second kappa shape index (κ2) is 7.55. The normalized spacial score (nSPS) is 16.7. The molecule has 1 aliphatic rings. The Bertz CT molecular complexity index is 1160. The molecule has 0 aliphatic carbocycles. The molecule has 0 radical (unpaired) electrons. The molecule has 2 N–H and O–H groups in total. The monoisotopic (exact) mass is 381 g/mol. The van der Waals surface area contributed by atoms with Gasteiger partial charge in [-0.2, -0.15) is 0 Å². The summed E-state index contributed by atoms with van der Waals surface area (Å²) < 4.78 is 8.64. The molecule has 28 heavy (non-hydrogen) atoms. The molecule has 0 unspecified atom stereocenters. The molecule has 146 valence electrons. The Morgan fingerprint density at radius 3 is 3.04 bits per heavy atom. The molecule has 3 aromatic heterocycles. The van der Waals surface area contributed by atoms with Gasteiger partial charge in [-0.3, -0.25) is 19.4 Å². The second-order valence-electron chi connectivity index (χ2n) is 6.99. The molecule has 4 heterocycles. The van der Waals surface area contributed by atoms with E-state index in [0.717, 1.165) is 19.3 Å².